The number of rotatable bonds is 2. The summed E-state index contributed by atoms with van der Waals surface area (Å²) in [6, 6.07) is 3.53. The summed E-state index contributed by atoms with van der Waals surface area (Å²) < 4.78 is 5.15. The molecule has 1 aromatic rings. The molecule has 0 amide bonds. The molecule has 1 N–H and O–H groups in total. The topological polar surface area (TPSA) is 46.5 Å². The Bertz CT molecular complexity index is 502. The lowest BCUT2D eigenvalue weighted by Crippen LogP contribution is -2.24. The molecule has 3 heteroatoms. The van der Waals surface area contributed by atoms with Crippen molar-refractivity contribution in [2.24, 2.45) is 0 Å². The van der Waals surface area contributed by atoms with E-state index in [1.54, 1.807) is 6.07 Å². The van der Waals surface area contributed by atoms with E-state index in [0.29, 0.717) is 5.75 Å². The van der Waals surface area contributed by atoms with E-state index in [9.17, 15) is 9.90 Å². The molecule has 0 atom stereocenters. The van der Waals surface area contributed by atoms with Crippen molar-refractivity contribution in [1.29, 1.82) is 0 Å². The molecule has 0 aromatic heterocycles. The zero-order valence-electron chi connectivity index (χ0n) is 13.6. The van der Waals surface area contributed by atoms with Gasteiger partial charge in [-0.05, 0) is 28.0 Å². The van der Waals surface area contributed by atoms with Gasteiger partial charge in [0.05, 0.1) is 0 Å². The maximum Gasteiger partial charge on any atom is 0.302 e. The van der Waals surface area contributed by atoms with Crippen LogP contribution in [0.15, 0.2) is 12.1 Å². The van der Waals surface area contributed by atoms with Crippen LogP contribution in [0.1, 0.15) is 65.2 Å². The molecule has 3 nitrogen and oxygen atoms in total. The van der Waals surface area contributed by atoms with Crippen LogP contribution in [0.2, 0.25) is 0 Å². The minimum atomic E-state index is -0.296. The molecule has 0 unspecified atom stereocenters. The highest BCUT2D eigenvalue weighted by Gasteiger charge is 2.30. The number of phenolic OH excluding ortho intramolecular Hbond substituents is 1. The maximum absolute atomic E-state index is 11.1. The fourth-order valence-corrected chi connectivity index (χ4v) is 2.55. The van der Waals surface area contributed by atoms with Crippen LogP contribution in [0.5, 0.6) is 5.75 Å². The molecule has 0 aliphatic rings. The quantitative estimate of drug-likeness (QED) is 0.830. The van der Waals surface area contributed by atoms with E-state index < -0.39 is 0 Å². The molecule has 0 saturated carbocycles. The van der Waals surface area contributed by atoms with Crippen LogP contribution >= 0.6 is 0 Å². The van der Waals surface area contributed by atoms with Crippen molar-refractivity contribution in [1.82, 2.24) is 0 Å². The van der Waals surface area contributed by atoms with E-state index in [1.807, 2.05) is 6.07 Å². The predicted octanol–water partition coefficient (Wildman–Crippen LogP) is 4.05. The Morgan fingerprint density at radius 3 is 1.95 bits per heavy atom. The van der Waals surface area contributed by atoms with Crippen molar-refractivity contribution < 1.29 is 14.6 Å². The Kier molecular flexibility index (Phi) is 4.52. The van der Waals surface area contributed by atoms with Gasteiger partial charge in [0.25, 0.3) is 0 Å². The summed E-state index contributed by atoms with van der Waals surface area (Å²) in [6.07, 6.45) is 0. The molecule has 20 heavy (non-hydrogen) atoms. The van der Waals surface area contributed by atoms with Gasteiger partial charge >= 0.3 is 5.97 Å². The summed E-state index contributed by atoms with van der Waals surface area (Å²) >= 11 is 0. The number of aromatic hydroxyl groups is 1. The zero-order chi connectivity index (χ0) is 15.7. The fraction of sp³-hybridized carbons (Fsp3) is 0.588. The number of phenols is 1. The van der Waals surface area contributed by atoms with Gasteiger partial charge in [0.15, 0.2) is 0 Å². The van der Waals surface area contributed by atoms with E-state index >= 15 is 0 Å². The van der Waals surface area contributed by atoms with Crippen LogP contribution in [-0.4, -0.2) is 11.1 Å². The number of esters is 1. The molecular formula is C17H26O3. The predicted molar refractivity (Wildman–Crippen MR) is 81.0 cm³/mol. The molecule has 0 saturated heterocycles. The van der Waals surface area contributed by atoms with Crippen LogP contribution < -0.4 is 0 Å². The maximum atomic E-state index is 11.1. The number of hydrogen-bond donors (Lipinski definition) is 1. The summed E-state index contributed by atoms with van der Waals surface area (Å²) in [5.41, 5.74) is 2.62. The van der Waals surface area contributed by atoms with E-state index in [0.717, 1.165) is 16.7 Å². The first-order chi connectivity index (χ1) is 8.94. The molecule has 0 aliphatic heterocycles. The monoisotopic (exact) mass is 278 g/mol. The van der Waals surface area contributed by atoms with Gasteiger partial charge in [-0.3, -0.25) is 4.79 Å². The van der Waals surface area contributed by atoms with Crippen LogP contribution in [0.25, 0.3) is 0 Å². The average molecular weight is 278 g/mol. The Hall–Kier alpha value is -1.51. The Labute approximate surface area is 122 Å². The second-order valence-corrected chi connectivity index (χ2v) is 7.27. The van der Waals surface area contributed by atoms with Crippen LogP contribution in [-0.2, 0) is 27.0 Å². The number of carbonyl (C=O) groups excluding carboxylic acids is 1. The van der Waals surface area contributed by atoms with Crippen molar-refractivity contribution in [3.63, 3.8) is 0 Å². The lowest BCUT2D eigenvalue weighted by Gasteiger charge is -2.33. The smallest absolute Gasteiger partial charge is 0.302 e. The van der Waals surface area contributed by atoms with Gasteiger partial charge in [0.2, 0.25) is 0 Å². The molecule has 1 rings (SSSR count). The third kappa shape index (κ3) is 3.75. The highest BCUT2D eigenvalue weighted by atomic mass is 16.5. The van der Waals surface area contributed by atoms with Crippen LogP contribution in [0, 0.1) is 0 Å². The standard InChI is InChI=1S/C17H26O3/c1-11(18)20-10-12-8-9-13(19)15(17(5,6)7)14(12)16(2,3)4/h8-9,19H,10H2,1-7H3. The summed E-state index contributed by atoms with van der Waals surface area (Å²) in [4.78, 5) is 11.1. The summed E-state index contributed by atoms with van der Waals surface area (Å²) in [5.74, 6) is 0.00393. The first-order valence-electron chi connectivity index (χ1n) is 6.93. The molecule has 0 bridgehead atoms. The van der Waals surface area contributed by atoms with Gasteiger partial charge in [-0.15, -0.1) is 0 Å². The SMILES string of the molecule is CC(=O)OCc1ccc(O)c(C(C)(C)C)c1C(C)(C)C. The van der Waals surface area contributed by atoms with Gasteiger partial charge in [-0.2, -0.15) is 0 Å². The molecule has 0 fully saturated rings. The summed E-state index contributed by atoms with van der Waals surface area (Å²) in [6.45, 7) is 14.2. The minimum Gasteiger partial charge on any atom is -0.508 e. The average Bonchev–Trinajstić information content (AvgIpc) is 2.23. The molecular weight excluding hydrogens is 252 g/mol. The van der Waals surface area contributed by atoms with E-state index in [1.165, 1.54) is 6.92 Å². The van der Waals surface area contributed by atoms with Crippen molar-refractivity contribution >= 4 is 5.97 Å². The van der Waals surface area contributed by atoms with E-state index in [4.69, 9.17) is 4.74 Å². The Morgan fingerprint density at radius 2 is 1.55 bits per heavy atom. The van der Waals surface area contributed by atoms with Crippen LogP contribution in [0.4, 0.5) is 0 Å². The molecule has 0 heterocycles. The molecule has 0 radical (unpaired) electrons. The number of carbonyl (C=O) groups is 1. The molecule has 0 spiro atoms. The zero-order valence-corrected chi connectivity index (χ0v) is 13.6. The second kappa shape index (κ2) is 5.47. The minimum absolute atomic E-state index is 0.142. The first kappa shape index (κ1) is 16.5. The highest BCUT2D eigenvalue weighted by Crippen LogP contribution is 2.41. The first-order valence-corrected chi connectivity index (χ1v) is 6.93. The van der Waals surface area contributed by atoms with Crippen LogP contribution in [0.3, 0.4) is 0 Å². The number of ether oxygens (including phenoxy) is 1. The largest absolute Gasteiger partial charge is 0.508 e. The van der Waals surface area contributed by atoms with Gasteiger partial charge < -0.3 is 9.84 Å². The van der Waals surface area contributed by atoms with Gasteiger partial charge in [-0.25, -0.2) is 0 Å². The lowest BCUT2D eigenvalue weighted by molar-refractivity contribution is -0.142. The third-order valence-corrected chi connectivity index (χ3v) is 3.20. The van der Waals surface area contributed by atoms with Gasteiger partial charge in [0, 0.05) is 12.5 Å². The molecule has 112 valence electrons. The number of hydrogen-bond acceptors (Lipinski definition) is 3. The van der Waals surface area contributed by atoms with Crippen molar-refractivity contribution in [3.05, 3.63) is 28.8 Å². The third-order valence-electron chi connectivity index (χ3n) is 3.20. The second-order valence-electron chi connectivity index (χ2n) is 7.27. The summed E-state index contributed by atoms with van der Waals surface area (Å²) in [5, 5.41) is 10.3. The number of benzene rings is 1. The highest BCUT2D eigenvalue weighted by molar-refractivity contribution is 5.66. The van der Waals surface area contributed by atoms with E-state index in [2.05, 4.69) is 41.5 Å². The van der Waals surface area contributed by atoms with E-state index in [-0.39, 0.29) is 23.4 Å². The van der Waals surface area contributed by atoms with Crippen molar-refractivity contribution in [3.8, 4) is 5.75 Å². The summed E-state index contributed by atoms with van der Waals surface area (Å²) in [7, 11) is 0. The molecule has 0 aliphatic carbocycles. The Balaban J connectivity index is 3.50. The lowest BCUT2D eigenvalue weighted by atomic mass is 9.73. The van der Waals surface area contributed by atoms with Gasteiger partial charge in [0.1, 0.15) is 12.4 Å². The van der Waals surface area contributed by atoms with Crippen molar-refractivity contribution in [2.45, 2.75) is 65.9 Å². The Morgan fingerprint density at radius 1 is 1.05 bits per heavy atom. The van der Waals surface area contributed by atoms with Gasteiger partial charge in [-0.1, -0.05) is 47.6 Å². The molecule has 1 aromatic carbocycles. The normalized spacial score (nSPS) is 12.3. The fourth-order valence-electron chi connectivity index (χ4n) is 2.55. The van der Waals surface area contributed by atoms with Crippen molar-refractivity contribution in [2.75, 3.05) is 0 Å².